The van der Waals surface area contributed by atoms with Crippen LogP contribution in [0.2, 0.25) is 0 Å². The molecule has 0 spiro atoms. The molecule has 2 heterocycles. The highest BCUT2D eigenvalue weighted by Gasteiger charge is 2.35. The molecule has 8 nitrogen and oxygen atoms in total. The Hall–Kier alpha value is -1.90. The minimum Gasteiger partial charge on any atom is -0.481 e. The van der Waals surface area contributed by atoms with Crippen LogP contribution in [0.3, 0.4) is 0 Å². The van der Waals surface area contributed by atoms with Gasteiger partial charge in [-0.05, 0) is 6.42 Å². The van der Waals surface area contributed by atoms with Gasteiger partial charge in [-0.2, -0.15) is 0 Å². The topological polar surface area (TPSA) is 105 Å². The van der Waals surface area contributed by atoms with Crippen LogP contribution in [0.15, 0.2) is 5.16 Å². The molecular formula is C12H16N4O4S. The van der Waals surface area contributed by atoms with Gasteiger partial charge in [-0.3, -0.25) is 23.9 Å². The van der Waals surface area contributed by atoms with E-state index >= 15 is 0 Å². The second-order valence-corrected chi connectivity index (χ2v) is 5.59. The lowest BCUT2D eigenvalue weighted by molar-refractivity contribution is -0.149. The molecule has 0 saturated carbocycles. The number of hydrogen-bond acceptors (Lipinski definition) is 6. The third-order valence-corrected chi connectivity index (χ3v) is 4.24. The molecular weight excluding hydrogens is 296 g/mol. The highest BCUT2D eigenvalue weighted by Crippen LogP contribution is 2.29. The molecule has 2 amide bonds. The normalized spacial score (nSPS) is 19.1. The molecule has 21 heavy (non-hydrogen) atoms. The van der Waals surface area contributed by atoms with Gasteiger partial charge in [-0.15, -0.1) is 10.2 Å². The van der Waals surface area contributed by atoms with E-state index in [2.05, 4.69) is 10.2 Å². The van der Waals surface area contributed by atoms with Gasteiger partial charge in [-0.25, -0.2) is 0 Å². The fourth-order valence-corrected chi connectivity index (χ4v) is 2.95. The molecule has 1 aromatic heterocycles. The highest BCUT2D eigenvalue weighted by molar-refractivity contribution is 7.99. The summed E-state index contributed by atoms with van der Waals surface area (Å²) in [7, 11) is 1.46. The van der Waals surface area contributed by atoms with E-state index in [1.807, 2.05) is 6.92 Å². The maximum Gasteiger partial charge on any atom is 0.313 e. The van der Waals surface area contributed by atoms with Crippen molar-refractivity contribution < 1.29 is 19.5 Å². The first-order chi connectivity index (χ1) is 9.95. The summed E-state index contributed by atoms with van der Waals surface area (Å²) in [5, 5.41) is 17.1. The molecule has 1 N–H and O–H groups in total. The number of aromatic nitrogens is 3. The second kappa shape index (κ2) is 6.25. The third kappa shape index (κ3) is 3.07. The summed E-state index contributed by atoms with van der Waals surface area (Å²) in [5.41, 5.74) is 0. The molecule has 1 unspecified atom stereocenters. The van der Waals surface area contributed by atoms with E-state index in [4.69, 9.17) is 5.11 Å². The van der Waals surface area contributed by atoms with Crippen molar-refractivity contribution in [1.82, 2.24) is 19.7 Å². The Labute approximate surface area is 125 Å². The van der Waals surface area contributed by atoms with E-state index in [9.17, 15) is 14.4 Å². The van der Waals surface area contributed by atoms with Crippen molar-refractivity contribution in [2.45, 2.75) is 37.4 Å². The van der Waals surface area contributed by atoms with E-state index in [-0.39, 0.29) is 24.0 Å². The number of carbonyl (C=O) groups excluding carboxylic acids is 2. The van der Waals surface area contributed by atoms with Gasteiger partial charge in [0.1, 0.15) is 11.9 Å². The lowest BCUT2D eigenvalue weighted by atomic mass is 10.0. The molecule has 0 aliphatic carbocycles. The lowest BCUT2D eigenvalue weighted by Gasteiger charge is -2.29. The first kappa shape index (κ1) is 15.5. The summed E-state index contributed by atoms with van der Waals surface area (Å²) >= 11 is 1.02. The van der Waals surface area contributed by atoms with Crippen LogP contribution in [0.25, 0.3) is 0 Å². The van der Waals surface area contributed by atoms with Crippen molar-refractivity contribution in [2.75, 3.05) is 12.8 Å². The molecule has 0 bridgehead atoms. The van der Waals surface area contributed by atoms with Crippen LogP contribution < -0.4 is 0 Å². The van der Waals surface area contributed by atoms with Gasteiger partial charge in [0, 0.05) is 19.9 Å². The standard InChI is InChI=1S/C12H16N4O4S/c1-3-8-13-14-12(21-6-10(18)19)16(8)7-4-5-9(17)15(2)11(7)20/h7H,3-6H2,1-2H3,(H,18,19). The zero-order valence-corrected chi connectivity index (χ0v) is 12.6. The van der Waals surface area contributed by atoms with E-state index in [0.29, 0.717) is 23.8 Å². The number of carbonyl (C=O) groups is 3. The van der Waals surface area contributed by atoms with E-state index < -0.39 is 12.0 Å². The number of thioether (sulfide) groups is 1. The van der Waals surface area contributed by atoms with Gasteiger partial charge in [0.25, 0.3) is 5.91 Å². The minimum atomic E-state index is -0.963. The molecule has 0 radical (unpaired) electrons. The Morgan fingerprint density at radius 3 is 2.76 bits per heavy atom. The Bertz CT molecular complexity index is 586. The first-order valence-corrected chi connectivity index (χ1v) is 7.53. The predicted octanol–water partition coefficient (Wildman–Crippen LogP) is 0.337. The number of likely N-dealkylation sites (N-methyl/N-ethyl adjacent to an activating group) is 1. The third-order valence-electron chi connectivity index (χ3n) is 3.31. The summed E-state index contributed by atoms with van der Waals surface area (Å²) in [6.45, 7) is 1.88. The first-order valence-electron chi connectivity index (χ1n) is 6.54. The van der Waals surface area contributed by atoms with Gasteiger partial charge >= 0.3 is 5.97 Å². The largest absolute Gasteiger partial charge is 0.481 e. The highest BCUT2D eigenvalue weighted by atomic mass is 32.2. The summed E-state index contributed by atoms with van der Waals surface area (Å²) in [4.78, 5) is 35.7. The average molecular weight is 312 g/mol. The van der Waals surface area contributed by atoms with E-state index in [1.54, 1.807) is 4.57 Å². The Morgan fingerprint density at radius 2 is 2.14 bits per heavy atom. The van der Waals surface area contributed by atoms with Crippen molar-refractivity contribution in [3.8, 4) is 0 Å². The SMILES string of the molecule is CCc1nnc(SCC(=O)O)n1C1CCC(=O)N(C)C1=O. The Morgan fingerprint density at radius 1 is 1.43 bits per heavy atom. The van der Waals surface area contributed by atoms with Gasteiger partial charge < -0.3 is 5.11 Å². The Balaban J connectivity index is 2.32. The monoisotopic (exact) mass is 312 g/mol. The van der Waals surface area contributed by atoms with Crippen molar-refractivity contribution in [3.63, 3.8) is 0 Å². The molecule has 1 aliphatic heterocycles. The van der Waals surface area contributed by atoms with Crippen LogP contribution in [0.4, 0.5) is 0 Å². The molecule has 1 aliphatic rings. The zero-order chi connectivity index (χ0) is 15.6. The number of carboxylic acid groups (broad SMARTS) is 1. The van der Waals surface area contributed by atoms with Crippen molar-refractivity contribution in [2.24, 2.45) is 0 Å². The number of carboxylic acids is 1. The number of imide groups is 1. The van der Waals surface area contributed by atoms with Crippen LogP contribution in [-0.2, 0) is 20.8 Å². The van der Waals surface area contributed by atoms with Gasteiger partial charge in [0.15, 0.2) is 5.16 Å². The number of aliphatic carboxylic acids is 1. The maximum atomic E-state index is 12.3. The molecule has 1 aromatic rings. The zero-order valence-electron chi connectivity index (χ0n) is 11.8. The number of piperidine rings is 1. The smallest absolute Gasteiger partial charge is 0.313 e. The number of amides is 2. The lowest BCUT2D eigenvalue weighted by Crippen LogP contribution is -2.43. The number of hydrogen-bond donors (Lipinski definition) is 1. The number of nitrogens with zero attached hydrogens (tertiary/aromatic N) is 4. The van der Waals surface area contributed by atoms with Crippen LogP contribution >= 0.6 is 11.8 Å². The second-order valence-electron chi connectivity index (χ2n) is 4.65. The van der Waals surface area contributed by atoms with E-state index in [0.717, 1.165) is 16.7 Å². The maximum absolute atomic E-state index is 12.3. The van der Waals surface area contributed by atoms with Crippen molar-refractivity contribution >= 4 is 29.5 Å². The summed E-state index contributed by atoms with van der Waals surface area (Å²) in [6.07, 6.45) is 1.23. The van der Waals surface area contributed by atoms with Crippen LogP contribution in [-0.4, -0.2) is 55.4 Å². The predicted molar refractivity (Wildman–Crippen MR) is 73.8 cm³/mol. The minimum absolute atomic E-state index is 0.155. The van der Waals surface area contributed by atoms with Crippen LogP contribution in [0, 0.1) is 0 Å². The van der Waals surface area contributed by atoms with Gasteiger partial charge in [-0.1, -0.05) is 18.7 Å². The number of rotatable bonds is 5. The number of aryl methyl sites for hydroxylation is 1. The van der Waals surface area contributed by atoms with Crippen molar-refractivity contribution in [1.29, 1.82) is 0 Å². The summed E-state index contributed by atoms with van der Waals surface area (Å²) in [5.74, 6) is -1.02. The molecule has 2 rings (SSSR count). The van der Waals surface area contributed by atoms with Gasteiger partial charge in [0.2, 0.25) is 5.91 Å². The quantitative estimate of drug-likeness (QED) is 0.617. The molecule has 1 saturated heterocycles. The summed E-state index contributed by atoms with van der Waals surface area (Å²) < 4.78 is 1.67. The molecule has 0 aromatic carbocycles. The molecule has 114 valence electrons. The van der Waals surface area contributed by atoms with Crippen LogP contribution in [0.1, 0.15) is 31.6 Å². The number of likely N-dealkylation sites (tertiary alicyclic amines) is 1. The molecule has 1 fully saturated rings. The van der Waals surface area contributed by atoms with E-state index in [1.165, 1.54) is 7.05 Å². The summed E-state index contributed by atoms with van der Waals surface area (Å²) in [6, 6.07) is -0.547. The van der Waals surface area contributed by atoms with Crippen molar-refractivity contribution in [3.05, 3.63) is 5.82 Å². The Kier molecular flexibility index (Phi) is 4.61. The average Bonchev–Trinajstić information content (AvgIpc) is 2.85. The van der Waals surface area contributed by atoms with Gasteiger partial charge in [0.05, 0.1) is 5.75 Å². The fraction of sp³-hybridized carbons (Fsp3) is 0.583. The fourth-order valence-electron chi connectivity index (χ4n) is 2.22. The molecule has 1 atom stereocenters. The molecule has 9 heteroatoms. The van der Waals surface area contributed by atoms with Crippen LogP contribution in [0.5, 0.6) is 0 Å².